The Hall–Kier alpha value is -2.81. The minimum Gasteiger partial charge on any atom is -0.378 e. The number of piperazine rings is 1. The van der Waals surface area contributed by atoms with E-state index in [1.165, 1.54) is 8.87 Å². The Morgan fingerprint density at radius 3 is 2.12 bits per heavy atom. The van der Waals surface area contributed by atoms with Gasteiger partial charge in [0.1, 0.15) is 0 Å². The van der Waals surface area contributed by atoms with Gasteiger partial charge in [0.25, 0.3) is 6.43 Å². The van der Waals surface area contributed by atoms with Crippen molar-refractivity contribution in [3.05, 3.63) is 30.1 Å². The SMILES string of the molecule is O=S(O)N1CCN(c2nc(N3CCOCC3)nc(-n3c(C(F)F)nc4ccccc43)n2)CC1. The topological polar surface area (TPSA) is 113 Å². The number of anilines is 2. The summed E-state index contributed by atoms with van der Waals surface area (Å²) in [7, 11) is 0. The molecule has 2 saturated heterocycles. The van der Waals surface area contributed by atoms with Gasteiger partial charge in [-0.15, -0.1) is 0 Å². The first-order chi connectivity index (χ1) is 16.0. The van der Waals surface area contributed by atoms with Gasteiger partial charge in [-0.25, -0.2) is 18.0 Å². The van der Waals surface area contributed by atoms with Crippen molar-refractivity contribution >= 4 is 34.2 Å². The van der Waals surface area contributed by atoms with Crippen molar-refractivity contribution in [2.45, 2.75) is 6.43 Å². The van der Waals surface area contributed by atoms with Crippen molar-refractivity contribution in [2.24, 2.45) is 0 Å². The van der Waals surface area contributed by atoms with E-state index in [2.05, 4.69) is 19.9 Å². The van der Waals surface area contributed by atoms with Crippen LogP contribution in [0.25, 0.3) is 17.0 Å². The fourth-order valence-electron chi connectivity index (χ4n) is 3.93. The van der Waals surface area contributed by atoms with Gasteiger partial charge in [0.05, 0.1) is 24.2 Å². The second-order valence-corrected chi connectivity index (χ2v) is 8.55. The van der Waals surface area contributed by atoms with Crippen molar-refractivity contribution < 1.29 is 22.3 Å². The zero-order valence-corrected chi connectivity index (χ0v) is 18.4. The number of hydrogen-bond donors (Lipinski definition) is 1. The molecule has 2 aromatic heterocycles. The lowest BCUT2D eigenvalue weighted by Gasteiger charge is -2.33. The molecule has 1 unspecified atom stereocenters. The molecule has 1 atom stereocenters. The van der Waals surface area contributed by atoms with Gasteiger partial charge < -0.3 is 14.5 Å². The van der Waals surface area contributed by atoms with E-state index in [1.807, 2.05) is 9.80 Å². The molecule has 11 nitrogen and oxygen atoms in total. The molecule has 0 radical (unpaired) electrons. The van der Waals surface area contributed by atoms with Crippen LogP contribution in [0.5, 0.6) is 0 Å². The molecule has 0 aliphatic carbocycles. The molecule has 14 heteroatoms. The number of rotatable bonds is 5. The Kier molecular flexibility index (Phi) is 6.14. The molecule has 2 aliphatic heterocycles. The van der Waals surface area contributed by atoms with E-state index in [1.54, 1.807) is 24.3 Å². The summed E-state index contributed by atoms with van der Waals surface area (Å²) in [6.07, 6.45) is -2.83. The highest BCUT2D eigenvalue weighted by atomic mass is 32.2. The van der Waals surface area contributed by atoms with Crippen molar-refractivity contribution in [2.75, 3.05) is 62.3 Å². The maximum Gasteiger partial charge on any atom is 0.296 e. The van der Waals surface area contributed by atoms with Crippen LogP contribution in [0.3, 0.4) is 0 Å². The van der Waals surface area contributed by atoms with Gasteiger partial charge in [0.2, 0.25) is 29.1 Å². The van der Waals surface area contributed by atoms with Gasteiger partial charge in [0.15, 0.2) is 5.82 Å². The minimum atomic E-state index is -2.83. The summed E-state index contributed by atoms with van der Waals surface area (Å²) >= 11 is -2.05. The predicted molar refractivity (Wildman–Crippen MR) is 117 cm³/mol. The van der Waals surface area contributed by atoms with Gasteiger partial charge in [-0.2, -0.15) is 19.3 Å². The molecular weight excluding hydrogens is 458 g/mol. The molecule has 5 rings (SSSR count). The van der Waals surface area contributed by atoms with Crippen molar-refractivity contribution in [1.29, 1.82) is 0 Å². The van der Waals surface area contributed by atoms with Crippen LogP contribution >= 0.6 is 0 Å². The van der Waals surface area contributed by atoms with Crippen molar-refractivity contribution in [3.8, 4) is 5.95 Å². The molecule has 3 aromatic rings. The van der Waals surface area contributed by atoms with Gasteiger partial charge in [0, 0.05) is 39.3 Å². The number of nitrogens with zero attached hydrogens (tertiary/aromatic N) is 8. The molecule has 33 heavy (non-hydrogen) atoms. The largest absolute Gasteiger partial charge is 0.378 e. The summed E-state index contributed by atoms with van der Waals surface area (Å²) in [4.78, 5) is 21.6. The number of hydrogen-bond acceptors (Lipinski definition) is 8. The van der Waals surface area contributed by atoms with E-state index in [9.17, 15) is 17.5 Å². The highest BCUT2D eigenvalue weighted by Crippen LogP contribution is 2.28. The first kappa shape index (κ1) is 22.0. The van der Waals surface area contributed by atoms with E-state index >= 15 is 0 Å². The van der Waals surface area contributed by atoms with Crippen LogP contribution < -0.4 is 9.80 Å². The smallest absolute Gasteiger partial charge is 0.296 e. The van der Waals surface area contributed by atoms with Crippen molar-refractivity contribution in [1.82, 2.24) is 28.8 Å². The number of morpholine rings is 1. The lowest BCUT2D eigenvalue weighted by atomic mass is 10.3. The zero-order chi connectivity index (χ0) is 22.9. The Morgan fingerprint density at radius 1 is 0.879 bits per heavy atom. The maximum absolute atomic E-state index is 13.9. The lowest BCUT2D eigenvalue weighted by Crippen LogP contribution is -2.47. The third-order valence-electron chi connectivity index (χ3n) is 5.62. The van der Waals surface area contributed by atoms with Crippen LogP contribution in [0, 0.1) is 0 Å². The second kappa shape index (κ2) is 9.21. The highest BCUT2D eigenvalue weighted by Gasteiger charge is 2.27. The first-order valence-corrected chi connectivity index (χ1v) is 11.5. The number of fused-ring (bicyclic) bond motifs is 1. The van der Waals surface area contributed by atoms with Crippen LogP contribution in [0.4, 0.5) is 20.7 Å². The monoisotopic (exact) mass is 480 g/mol. The van der Waals surface area contributed by atoms with E-state index < -0.39 is 23.5 Å². The number of halogens is 2. The standard InChI is InChI=1S/C19H22F2N8O3S/c20-15(21)16-22-13-3-1-2-4-14(13)29(16)19-24-17(26-5-7-28(8-6-26)33(30)31)23-18(25-19)27-9-11-32-12-10-27/h1-4,15H,5-12H2,(H,30,31). The van der Waals surface area contributed by atoms with Crippen LogP contribution in [0.15, 0.2) is 24.3 Å². The Labute approximate surface area is 190 Å². The maximum atomic E-state index is 13.9. The summed E-state index contributed by atoms with van der Waals surface area (Å²) in [5, 5.41) is 0. The summed E-state index contributed by atoms with van der Waals surface area (Å²) in [6, 6.07) is 6.84. The first-order valence-electron chi connectivity index (χ1n) is 10.5. The van der Waals surface area contributed by atoms with Gasteiger partial charge in [-0.05, 0) is 12.1 Å². The zero-order valence-electron chi connectivity index (χ0n) is 17.5. The van der Waals surface area contributed by atoms with Crippen LogP contribution in [-0.2, 0) is 16.0 Å². The average molecular weight is 481 g/mol. The number of alkyl halides is 2. The number of para-hydroxylation sites is 2. The molecule has 2 fully saturated rings. The quantitative estimate of drug-likeness (QED) is 0.539. The van der Waals surface area contributed by atoms with Gasteiger partial charge in [-0.3, -0.25) is 9.12 Å². The fourth-order valence-corrected chi connectivity index (χ4v) is 4.41. The molecular formula is C19H22F2N8O3S. The number of benzene rings is 1. The molecule has 1 N–H and O–H groups in total. The van der Waals surface area contributed by atoms with E-state index in [0.29, 0.717) is 75.4 Å². The summed E-state index contributed by atoms with van der Waals surface area (Å²) in [5.41, 5.74) is 0.889. The number of aromatic nitrogens is 5. The summed E-state index contributed by atoms with van der Waals surface area (Å²) in [5.74, 6) is 0.299. The predicted octanol–water partition coefficient (Wildman–Crippen LogP) is 1.24. The fraction of sp³-hybridized carbons (Fsp3) is 0.474. The molecule has 0 bridgehead atoms. The molecule has 2 aliphatic rings. The Morgan fingerprint density at radius 2 is 1.48 bits per heavy atom. The van der Waals surface area contributed by atoms with E-state index in [4.69, 9.17) is 4.74 Å². The molecule has 0 amide bonds. The number of ether oxygens (including phenoxy) is 1. The highest BCUT2D eigenvalue weighted by molar-refractivity contribution is 7.76. The number of imidazole rings is 1. The Balaban J connectivity index is 1.60. The molecule has 0 spiro atoms. The third kappa shape index (κ3) is 4.38. The normalized spacial score (nSPS) is 18.9. The van der Waals surface area contributed by atoms with Gasteiger partial charge >= 0.3 is 0 Å². The van der Waals surface area contributed by atoms with Crippen molar-refractivity contribution in [3.63, 3.8) is 0 Å². The Bertz CT molecular complexity index is 1170. The van der Waals surface area contributed by atoms with E-state index in [0.717, 1.165) is 0 Å². The van der Waals surface area contributed by atoms with Gasteiger partial charge in [-0.1, -0.05) is 12.1 Å². The van der Waals surface area contributed by atoms with E-state index in [-0.39, 0.29) is 5.95 Å². The second-order valence-electron chi connectivity index (χ2n) is 7.58. The minimum absolute atomic E-state index is 0.0543. The molecule has 4 heterocycles. The average Bonchev–Trinajstić information content (AvgIpc) is 3.24. The molecule has 0 saturated carbocycles. The molecule has 176 valence electrons. The molecule has 1 aromatic carbocycles. The van der Waals surface area contributed by atoms with Crippen LogP contribution in [-0.4, -0.2) is 90.1 Å². The third-order valence-corrected chi connectivity index (χ3v) is 6.43. The van der Waals surface area contributed by atoms with Crippen LogP contribution in [0.2, 0.25) is 0 Å². The lowest BCUT2D eigenvalue weighted by molar-refractivity contribution is 0.122. The summed E-state index contributed by atoms with van der Waals surface area (Å²) < 4.78 is 56.7. The van der Waals surface area contributed by atoms with Crippen LogP contribution in [0.1, 0.15) is 12.2 Å². The summed E-state index contributed by atoms with van der Waals surface area (Å²) in [6.45, 7) is 3.64.